The van der Waals surface area contributed by atoms with Crippen molar-refractivity contribution in [3.8, 4) is 0 Å². The number of nitrogens with zero attached hydrogens (tertiary/aromatic N) is 2. The number of hydrogen-bond acceptors (Lipinski definition) is 4. The van der Waals surface area contributed by atoms with E-state index in [2.05, 4.69) is 10.3 Å². The van der Waals surface area contributed by atoms with E-state index in [1.807, 2.05) is 6.92 Å². The largest absolute Gasteiger partial charge is 0.478 e. The van der Waals surface area contributed by atoms with Crippen molar-refractivity contribution in [1.82, 2.24) is 10.3 Å². The number of aryl methyl sites for hydroxylation is 1. The normalized spacial score (nSPS) is 10.1. The van der Waals surface area contributed by atoms with Crippen LogP contribution in [0.1, 0.15) is 29.4 Å². The molecule has 0 unspecified atom stereocenters. The average molecular weight is 265 g/mol. The molecular formula is C13H19N3O3. The minimum Gasteiger partial charge on any atom is -0.478 e. The van der Waals surface area contributed by atoms with Gasteiger partial charge in [0.15, 0.2) is 0 Å². The molecule has 104 valence electrons. The van der Waals surface area contributed by atoms with Crippen molar-refractivity contribution in [2.24, 2.45) is 0 Å². The number of hydrogen-bond donors (Lipinski definition) is 2. The Bertz CT molecular complexity index is 474. The highest BCUT2D eigenvalue weighted by Crippen LogP contribution is 2.13. The summed E-state index contributed by atoms with van der Waals surface area (Å²) < 4.78 is 0. The highest BCUT2D eigenvalue weighted by Gasteiger charge is 2.12. The molecule has 19 heavy (non-hydrogen) atoms. The fourth-order valence-corrected chi connectivity index (χ4v) is 1.59. The molecule has 1 heterocycles. The van der Waals surface area contributed by atoms with E-state index < -0.39 is 5.97 Å². The summed E-state index contributed by atoms with van der Waals surface area (Å²) in [7, 11) is 1.71. The zero-order chi connectivity index (χ0) is 14.4. The molecular weight excluding hydrogens is 246 g/mol. The van der Waals surface area contributed by atoms with Crippen LogP contribution in [0.25, 0.3) is 0 Å². The molecule has 0 aliphatic rings. The topological polar surface area (TPSA) is 82.5 Å². The number of anilines is 1. The molecule has 0 aliphatic carbocycles. The van der Waals surface area contributed by atoms with Crippen LogP contribution in [0.3, 0.4) is 0 Å². The molecule has 0 bridgehead atoms. The lowest BCUT2D eigenvalue weighted by atomic mass is 10.2. The van der Waals surface area contributed by atoms with Gasteiger partial charge in [-0.3, -0.25) is 4.79 Å². The predicted molar refractivity (Wildman–Crippen MR) is 72.5 cm³/mol. The van der Waals surface area contributed by atoms with Crippen molar-refractivity contribution in [3.05, 3.63) is 23.4 Å². The van der Waals surface area contributed by atoms with E-state index in [1.54, 1.807) is 18.9 Å². The van der Waals surface area contributed by atoms with Crippen LogP contribution in [0, 0.1) is 6.92 Å². The van der Waals surface area contributed by atoms with E-state index in [1.165, 1.54) is 12.1 Å². The molecule has 0 radical (unpaired) electrons. The van der Waals surface area contributed by atoms with Gasteiger partial charge in [0, 0.05) is 19.3 Å². The number of carboxylic acids is 1. The number of amides is 1. The SMILES string of the molecule is CCCNC(=O)CN(C)c1cc(C(=O)O)cc(C)n1. The first-order valence-electron chi connectivity index (χ1n) is 6.14. The first-order valence-corrected chi connectivity index (χ1v) is 6.14. The summed E-state index contributed by atoms with van der Waals surface area (Å²) in [6.45, 7) is 4.48. The van der Waals surface area contributed by atoms with Gasteiger partial charge in [-0.25, -0.2) is 9.78 Å². The van der Waals surface area contributed by atoms with Gasteiger partial charge in [0.1, 0.15) is 5.82 Å². The van der Waals surface area contributed by atoms with E-state index in [9.17, 15) is 9.59 Å². The lowest BCUT2D eigenvalue weighted by molar-refractivity contribution is -0.119. The van der Waals surface area contributed by atoms with Crippen LogP contribution in [0.4, 0.5) is 5.82 Å². The van der Waals surface area contributed by atoms with Crippen molar-refractivity contribution < 1.29 is 14.7 Å². The minimum absolute atomic E-state index is 0.107. The molecule has 2 N–H and O–H groups in total. The third-order valence-corrected chi connectivity index (χ3v) is 2.53. The first kappa shape index (κ1) is 14.9. The second-order valence-corrected chi connectivity index (χ2v) is 4.37. The van der Waals surface area contributed by atoms with Crippen LogP contribution in [-0.4, -0.2) is 42.1 Å². The summed E-state index contributed by atoms with van der Waals surface area (Å²) in [5.41, 5.74) is 0.777. The number of carbonyl (C=O) groups is 2. The van der Waals surface area contributed by atoms with Crippen LogP contribution >= 0.6 is 0 Å². The van der Waals surface area contributed by atoms with Gasteiger partial charge in [0.2, 0.25) is 5.91 Å². The summed E-state index contributed by atoms with van der Waals surface area (Å²) in [4.78, 5) is 28.4. The quantitative estimate of drug-likeness (QED) is 0.803. The van der Waals surface area contributed by atoms with Gasteiger partial charge < -0.3 is 15.3 Å². The number of pyridine rings is 1. The zero-order valence-corrected chi connectivity index (χ0v) is 11.4. The molecule has 0 saturated carbocycles. The Morgan fingerprint density at radius 2 is 2.11 bits per heavy atom. The molecule has 0 saturated heterocycles. The minimum atomic E-state index is -1.00. The van der Waals surface area contributed by atoms with E-state index in [0.29, 0.717) is 18.1 Å². The third-order valence-electron chi connectivity index (χ3n) is 2.53. The average Bonchev–Trinajstić information content (AvgIpc) is 2.35. The van der Waals surface area contributed by atoms with Crippen molar-refractivity contribution >= 4 is 17.7 Å². The summed E-state index contributed by atoms with van der Waals surface area (Å²) in [5.74, 6) is -0.635. The van der Waals surface area contributed by atoms with Gasteiger partial charge in [-0.2, -0.15) is 0 Å². The molecule has 0 atom stereocenters. The number of nitrogens with one attached hydrogen (secondary N) is 1. The van der Waals surface area contributed by atoms with Crippen molar-refractivity contribution in [2.45, 2.75) is 20.3 Å². The molecule has 0 spiro atoms. The number of aromatic nitrogens is 1. The molecule has 1 rings (SSSR count). The zero-order valence-electron chi connectivity index (χ0n) is 11.4. The highest BCUT2D eigenvalue weighted by atomic mass is 16.4. The molecule has 1 amide bonds. The first-order chi connectivity index (χ1) is 8.93. The van der Waals surface area contributed by atoms with Gasteiger partial charge in [-0.05, 0) is 25.5 Å². The number of aromatic carboxylic acids is 1. The summed E-state index contributed by atoms with van der Waals surface area (Å²) in [5, 5.41) is 11.7. The molecule has 0 fully saturated rings. The molecule has 6 heteroatoms. The lowest BCUT2D eigenvalue weighted by Crippen LogP contribution is -2.36. The number of carbonyl (C=O) groups excluding carboxylic acids is 1. The molecule has 0 aliphatic heterocycles. The molecule has 0 aromatic carbocycles. The Hall–Kier alpha value is -2.11. The molecule has 1 aromatic heterocycles. The molecule has 6 nitrogen and oxygen atoms in total. The maximum Gasteiger partial charge on any atom is 0.335 e. The van der Waals surface area contributed by atoms with Crippen LogP contribution < -0.4 is 10.2 Å². The smallest absolute Gasteiger partial charge is 0.335 e. The number of rotatable bonds is 6. The molecule has 1 aromatic rings. The van der Waals surface area contributed by atoms with E-state index in [-0.39, 0.29) is 18.0 Å². The third kappa shape index (κ3) is 4.57. The van der Waals surface area contributed by atoms with Gasteiger partial charge in [-0.15, -0.1) is 0 Å². The van der Waals surface area contributed by atoms with Crippen LogP contribution in [-0.2, 0) is 4.79 Å². The van der Waals surface area contributed by atoms with E-state index in [4.69, 9.17) is 5.11 Å². The summed E-state index contributed by atoms with van der Waals surface area (Å²) >= 11 is 0. The van der Waals surface area contributed by atoms with Crippen LogP contribution in [0.2, 0.25) is 0 Å². The van der Waals surface area contributed by atoms with E-state index >= 15 is 0 Å². The number of carboxylic acid groups (broad SMARTS) is 1. The fourth-order valence-electron chi connectivity index (χ4n) is 1.59. The second kappa shape index (κ2) is 6.72. The maximum absolute atomic E-state index is 11.6. The fraction of sp³-hybridized carbons (Fsp3) is 0.462. The Kier molecular flexibility index (Phi) is 5.29. The summed E-state index contributed by atoms with van der Waals surface area (Å²) in [6, 6.07) is 2.96. The Morgan fingerprint density at radius 1 is 1.42 bits per heavy atom. The van der Waals surface area contributed by atoms with Crippen LogP contribution in [0.15, 0.2) is 12.1 Å². The second-order valence-electron chi connectivity index (χ2n) is 4.37. The van der Waals surface area contributed by atoms with Crippen molar-refractivity contribution in [2.75, 3.05) is 25.0 Å². The van der Waals surface area contributed by atoms with Gasteiger partial charge in [0.05, 0.1) is 12.1 Å². The highest BCUT2D eigenvalue weighted by molar-refractivity contribution is 5.89. The van der Waals surface area contributed by atoms with Crippen molar-refractivity contribution in [1.29, 1.82) is 0 Å². The monoisotopic (exact) mass is 265 g/mol. The van der Waals surface area contributed by atoms with Crippen LogP contribution in [0.5, 0.6) is 0 Å². The Morgan fingerprint density at radius 3 is 2.68 bits per heavy atom. The van der Waals surface area contributed by atoms with Gasteiger partial charge in [-0.1, -0.05) is 6.92 Å². The van der Waals surface area contributed by atoms with Gasteiger partial charge in [0.25, 0.3) is 0 Å². The number of likely N-dealkylation sites (N-methyl/N-ethyl adjacent to an activating group) is 1. The predicted octanol–water partition coefficient (Wildman–Crippen LogP) is 1.05. The Balaban J connectivity index is 2.79. The lowest BCUT2D eigenvalue weighted by Gasteiger charge is -2.18. The van der Waals surface area contributed by atoms with Crippen molar-refractivity contribution in [3.63, 3.8) is 0 Å². The van der Waals surface area contributed by atoms with Gasteiger partial charge >= 0.3 is 5.97 Å². The maximum atomic E-state index is 11.6. The Labute approximate surface area is 112 Å². The summed E-state index contributed by atoms with van der Waals surface area (Å²) in [6.07, 6.45) is 0.876. The standard InChI is InChI=1S/C13H19N3O3/c1-4-5-14-12(17)8-16(3)11-7-10(13(18)19)6-9(2)15-11/h6-7H,4-5,8H2,1-3H3,(H,14,17)(H,18,19). The van der Waals surface area contributed by atoms with E-state index in [0.717, 1.165) is 6.42 Å².